The Morgan fingerprint density at radius 1 is 1.44 bits per heavy atom. The molecule has 0 fully saturated rings. The zero-order valence-corrected chi connectivity index (χ0v) is 10.6. The van der Waals surface area contributed by atoms with Gasteiger partial charge in [0.15, 0.2) is 5.11 Å². The Labute approximate surface area is 100 Å². The summed E-state index contributed by atoms with van der Waals surface area (Å²) in [6, 6.07) is 5.10. The summed E-state index contributed by atoms with van der Waals surface area (Å²) in [5, 5.41) is 2.94. The third kappa shape index (κ3) is 4.03. The molecule has 0 aromatic heterocycles. The van der Waals surface area contributed by atoms with E-state index in [1.165, 1.54) is 0 Å². The van der Waals surface area contributed by atoms with E-state index < -0.39 is 10.0 Å². The second-order valence-electron chi connectivity index (χ2n) is 3.39. The van der Waals surface area contributed by atoms with Gasteiger partial charge < -0.3 is 11.1 Å². The third-order valence-corrected chi connectivity index (χ3v) is 2.48. The van der Waals surface area contributed by atoms with E-state index in [0.717, 1.165) is 17.5 Å². The summed E-state index contributed by atoms with van der Waals surface area (Å²) in [6.45, 7) is 1.79. The largest absolute Gasteiger partial charge is 0.376 e. The molecule has 0 bridgehead atoms. The molecule has 5 nitrogen and oxygen atoms in total. The highest BCUT2D eigenvalue weighted by atomic mass is 32.2. The molecule has 0 aliphatic heterocycles. The van der Waals surface area contributed by atoms with Crippen LogP contribution >= 0.6 is 12.2 Å². The van der Waals surface area contributed by atoms with Gasteiger partial charge in [-0.3, -0.25) is 4.72 Å². The standard InChI is InChI=1S/C9H13N3O2S2/c1-6-5-7(11-9(10)15)3-4-8(6)12-16(2,13)14/h3-5,12H,1-2H3,(H3,10,11,15). The number of rotatable bonds is 3. The summed E-state index contributed by atoms with van der Waals surface area (Å²) in [4.78, 5) is 0. The van der Waals surface area contributed by atoms with Crippen molar-refractivity contribution in [3.63, 3.8) is 0 Å². The lowest BCUT2D eigenvalue weighted by Crippen LogP contribution is -2.19. The Morgan fingerprint density at radius 3 is 2.50 bits per heavy atom. The number of hydrogen-bond donors (Lipinski definition) is 3. The van der Waals surface area contributed by atoms with Crippen molar-refractivity contribution in [2.24, 2.45) is 5.73 Å². The van der Waals surface area contributed by atoms with E-state index in [9.17, 15) is 8.42 Å². The van der Waals surface area contributed by atoms with E-state index in [1.54, 1.807) is 25.1 Å². The Hall–Kier alpha value is -1.34. The molecule has 1 rings (SSSR count). The fraction of sp³-hybridized carbons (Fsp3) is 0.222. The molecule has 0 radical (unpaired) electrons. The number of nitrogens with two attached hydrogens (primary N) is 1. The average Bonchev–Trinajstić information content (AvgIpc) is 2.06. The maximum atomic E-state index is 11.0. The lowest BCUT2D eigenvalue weighted by molar-refractivity contribution is 0.607. The van der Waals surface area contributed by atoms with Crippen molar-refractivity contribution in [3.8, 4) is 0 Å². The molecule has 16 heavy (non-hydrogen) atoms. The fourth-order valence-electron chi connectivity index (χ4n) is 1.20. The molecule has 1 aromatic carbocycles. The van der Waals surface area contributed by atoms with Crippen molar-refractivity contribution >= 4 is 38.7 Å². The van der Waals surface area contributed by atoms with E-state index in [-0.39, 0.29) is 5.11 Å². The molecule has 1 aromatic rings. The topological polar surface area (TPSA) is 84.2 Å². The zero-order valence-electron chi connectivity index (χ0n) is 8.94. The molecule has 0 aliphatic rings. The summed E-state index contributed by atoms with van der Waals surface area (Å²) in [5.74, 6) is 0. The highest BCUT2D eigenvalue weighted by Crippen LogP contribution is 2.20. The third-order valence-electron chi connectivity index (χ3n) is 1.79. The van der Waals surface area contributed by atoms with Gasteiger partial charge in [-0.2, -0.15) is 0 Å². The molecule has 0 atom stereocenters. The van der Waals surface area contributed by atoms with Gasteiger partial charge in [-0.1, -0.05) is 0 Å². The monoisotopic (exact) mass is 259 g/mol. The zero-order chi connectivity index (χ0) is 12.3. The second-order valence-corrected chi connectivity index (χ2v) is 5.58. The number of sulfonamides is 1. The predicted octanol–water partition coefficient (Wildman–Crippen LogP) is 1.02. The van der Waals surface area contributed by atoms with Crippen LogP contribution in [0.25, 0.3) is 0 Å². The number of nitrogens with one attached hydrogen (secondary N) is 2. The summed E-state index contributed by atoms with van der Waals surface area (Å²) >= 11 is 4.70. The predicted molar refractivity (Wildman–Crippen MR) is 70.1 cm³/mol. The van der Waals surface area contributed by atoms with E-state index in [1.807, 2.05) is 0 Å². The second kappa shape index (κ2) is 4.67. The van der Waals surface area contributed by atoms with Gasteiger partial charge >= 0.3 is 0 Å². The Balaban J connectivity index is 2.96. The smallest absolute Gasteiger partial charge is 0.229 e. The summed E-state index contributed by atoms with van der Waals surface area (Å²) < 4.78 is 24.5. The minimum Gasteiger partial charge on any atom is -0.376 e. The van der Waals surface area contributed by atoms with Crippen LogP contribution in [0.4, 0.5) is 11.4 Å². The Bertz CT molecular complexity index is 511. The maximum Gasteiger partial charge on any atom is 0.229 e. The van der Waals surface area contributed by atoms with Gasteiger partial charge in [0.25, 0.3) is 0 Å². The highest BCUT2D eigenvalue weighted by Gasteiger charge is 2.05. The SMILES string of the molecule is Cc1cc(NC(N)=S)ccc1NS(C)(=O)=O. The Morgan fingerprint density at radius 2 is 2.06 bits per heavy atom. The van der Waals surface area contributed by atoms with Gasteiger partial charge in [-0.05, 0) is 42.9 Å². The van der Waals surface area contributed by atoms with Crippen LogP contribution in [0.2, 0.25) is 0 Å². The van der Waals surface area contributed by atoms with Crippen LogP contribution in [0.3, 0.4) is 0 Å². The minimum absolute atomic E-state index is 0.170. The first-order valence-corrected chi connectivity index (χ1v) is 6.73. The summed E-state index contributed by atoms with van der Waals surface area (Å²) in [5.41, 5.74) is 7.37. The van der Waals surface area contributed by atoms with Crippen molar-refractivity contribution in [1.82, 2.24) is 0 Å². The van der Waals surface area contributed by atoms with Gasteiger partial charge in [0, 0.05) is 5.69 Å². The van der Waals surface area contributed by atoms with Crippen molar-refractivity contribution in [2.45, 2.75) is 6.92 Å². The molecule has 7 heteroatoms. The molecule has 88 valence electrons. The first-order valence-electron chi connectivity index (χ1n) is 4.43. The molecular formula is C9H13N3O2S2. The quantitative estimate of drug-likeness (QED) is 0.706. The first-order chi connectivity index (χ1) is 7.28. The number of anilines is 2. The molecule has 0 saturated carbocycles. The van der Waals surface area contributed by atoms with Gasteiger partial charge in [0.1, 0.15) is 0 Å². The number of thiocarbonyl (C=S) groups is 1. The molecule has 0 aliphatic carbocycles. The van der Waals surface area contributed by atoms with Crippen LogP contribution in [-0.2, 0) is 10.0 Å². The van der Waals surface area contributed by atoms with Gasteiger partial charge in [-0.25, -0.2) is 8.42 Å². The van der Waals surface area contributed by atoms with Crippen molar-refractivity contribution in [3.05, 3.63) is 23.8 Å². The number of aryl methyl sites for hydroxylation is 1. The van der Waals surface area contributed by atoms with Crippen LogP contribution in [0, 0.1) is 6.92 Å². The van der Waals surface area contributed by atoms with E-state index in [4.69, 9.17) is 18.0 Å². The fourth-order valence-corrected chi connectivity index (χ4v) is 1.94. The molecule has 4 N–H and O–H groups in total. The molecule has 0 spiro atoms. The van der Waals surface area contributed by atoms with Crippen LogP contribution in [0.5, 0.6) is 0 Å². The van der Waals surface area contributed by atoms with Gasteiger partial charge in [-0.15, -0.1) is 0 Å². The molecule has 0 amide bonds. The lowest BCUT2D eigenvalue weighted by atomic mass is 10.2. The highest BCUT2D eigenvalue weighted by molar-refractivity contribution is 7.92. The van der Waals surface area contributed by atoms with Crippen LogP contribution in [0.15, 0.2) is 18.2 Å². The molecule has 0 heterocycles. The number of hydrogen-bond acceptors (Lipinski definition) is 3. The van der Waals surface area contributed by atoms with Crippen molar-refractivity contribution < 1.29 is 8.42 Å². The maximum absolute atomic E-state index is 11.0. The van der Waals surface area contributed by atoms with Gasteiger partial charge in [0.2, 0.25) is 10.0 Å². The average molecular weight is 259 g/mol. The molecular weight excluding hydrogens is 246 g/mol. The van der Waals surface area contributed by atoms with Crippen LogP contribution in [0.1, 0.15) is 5.56 Å². The molecule has 0 saturated heterocycles. The van der Waals surface area contributed by atoms with Crippen LogP contribution < -0.4 is 15.8 Å². The normalized spacial score (nSPS) is 10.9. The van der Waals surface area contributed by atoms with Crippen LogP contribution in [-0.4, -0.2) is 19.8 Å². The summed E-state index contributed by atoms with van der Waals surface area (Å²) in [7, 11) is -3.26. The molecule has 0 unspecified atom stereocenters. The first kappa shape index (κ1) is 12.7. The van der Waals surface area contributed by atoms with Gasteiger partial charge in [0.05, 0.1) is 11.9 Å². The number of benzene rings is 1. The van der Waals surface area contributed by atoms with E-state index >= 15 is 0 Å². The minimum atomic E-state index is -3.26. The van der Waals surface area contributed by atoms with Crippen molar-refractivity contribution in [1.29, 1.82) is 0 Å². The Kier molecular flexibility index (Phi) is 3.71. The van der Waals surface area contributed by atoms with Crippen molar-refractivity contribution in [2.75, 3.05) is 16.3 Å². The summed E-state index contributed by atoms with van der Waals surface area (Å²) in [6.07, 6.45) is 1.10. The van der Waals surface area contributed by atoms with E-state index in [0.29, 0.717) is 5.69 Å². The lowest BCUT2D eigenvalue weighted by Gasteiger charge is -2.10. The van der Waals surface area contributed by atoms with E-state index in [2.05, 4.69) is 10.0 Å².